The number of hydrogen-bond donors (Lipinski definition) is 1. The molecule has 2 aromatic carbocycles. The van der Waals surface area contributed by atoms with Crippen molar-refractivity contribution in [2.45, 2.75) is 0 Å². The van der Waals surface area contributed by atoms with Gasteiger partial charge in [0.2, 0.25) is 5.75 Å². The number of amides is 2. The standard InChI is InChI=1S/C21H20N2O6S/c1-26-14-7-5-6-13(11-14)23-20(25)15(19(24)22-21(23)30)10-12-8-9-16(27-2)18(29-4)17(12)28-3/h5-11H,1-4H3,(H,22,24,30). The van der Waals surface area contributed by atoms with Crippen molar-refractivity contribution >= 4 is 40.9 Å². The molecule has 30 heavy (non-hydrogen) atoms. The molecular weight excluding hydrogens is 408 g/mol. The van der Waals surface area contributed by atoms with Crippen molar-refractivity contribution in [3.05, 3.63) is 47.5 Å². The second kappa shape index (κ2) is 8.83. The Morgan fingerprint density at radius 3 is 2.30 bits per heavy atom. The van der Waals surface area contributed by atoms with E-state index in [1.807, 2.05) is 0 Å². The van der Waals surface area contributed by atoms with Gasteiger partial charge in [-0.05, 0) is 42.6 Å². The lowest BCUT2D eigenvalue weighted by Crippen LogP contribution is -2.54. The number of nitrogens with one attached hydrogen (secondary N) is 1. The molecule has 1 aliphatic heterocycles. The van der Waals surface area contributed by atoms with Crippen molar-refractivity contribution in [3.8, 4) is 23.0 Å². The summed E-state index contributed by atoms with van der Waals surface area (Å²) in [5.74, 6) is 0.487. The van der Waals surface area contributed by atoms with Crippen LogP contribution < -0.4 is 29.2 Å². The van der Waals surface area contributed by atoms with Crippen molar-refractivity contribution < 1.29 is 28.5 Å². The van der Waals surface area contributed by atoms with E-state index in [0.29, 0.717) is 34.2 Å². The molecule has 156 valence electrons. The summed E-state index contributed by atoms with van der Waals surface area (Å²) in [6, 6.07) is 10.1. The Hall–Kier alpha value is -3.59. The van der Waals surface area contributed by atoms with Gasteiger partial charge in [0.05, 0.1) is 34.1 Å². The Labute approximate surface area is 179 Å². The van der Waals surface area contributed by atoms with Gasteiger partial charge in [0.15, 0.2) is 16.6 Å². The predicted molar refractivity (Wildman–Crippen MR) is 115 cm³/mol. The van der Waals surface area contributed by atoms with Gasteiger partial charge in [0.1, 0.15) is 11.3 Å². The van der Waals surface area contributed by atoms with E-state index in [1.54, 1.807) is 36.4 Å². The van der Waals surface area contributed by atoms with Crippen LogP contribution in [-0.4, -0.2) is 45.4 Å². The fraction of sp³-hybridized carbons (Fsp3) is 0.190. The molecule has 2 aromatic rings. The number of methoxy groups -OCH3 is 4. The molecule has 8 nitrogen and oxygen atoms in total. The van der Waals surface area contributed by atoms with E-state index in [4.69, 9.17) is 31.2 Å². The molecule has 0 unspecified atom stereocenters. The van der Waals surface area contributed by atoms with Gasteiger partial charge in [0.25, 0.3) is 11.8 Å². The van der Waals surface area contributed by atoms with E-state index in [2.05, 4.69) is 5.32 Å². The zero-order chi connectivity index (χ0) is 21.8. The average molecular weight is 428 g/mol. The quantitative estimate of drug-likeness (QED) is 0.430. The molecule has 0 bridgehead atoms. The molecule has 0 atom stereocenters. The molecule has 0 saturated carbocycles. The Morgan fingerprint density at radius 1 is 0.933 bits per heavy atom. The minimum atomic E-state index is -0.610. The summed E-state index contributed by atoms with van der Waals surface area (Å²) >= 11 is 5.23. The summed E-state index contributed by atoms with van der Waals surface area (Å²) in [5.41, 5.74) is 0.818. The van der Waals surface area contributed by atoms with Crippen molar-refractivity contribution in [1.82, 2.24) is 5.32 Å². The number of nitrogens with zero attached hydrogens (tertiary/aromatic N) is 1. The summed E-state index contributed by atoms with van der Waals surface area (Å²) in [6.45, 7) is 0. The molecule has 0 spiro atoms. The molecule has 3 rings (SSSR count). The zero-order valence-corrected chi connectivity index (χ0v) is 17.7. The van der Waals surface area contributed by atoms with Crippen molar-refractivity contribution in [2.75, 3.05) is 33.3 Å². The number of rotatable bonds is 6. The van der Waals surface area contributed by atoms with E-state index in [-0.39, 0.29) is 10.7 Å². The predicted octanol–water partition coefficient (Wildman–Crippen LogP) is 2.55. The highest BCUT2D eigenvalue weighted by atomic mass is 32.1. The molecule has 0 aromatic heterocycles. The van der Waals surface area contributed by atoms with Crippen LogP contribution in [0.5, 0.6) is 23.0 Å². The third-order valence-electron chi connectivity index (χ3n) is 4.45. The number of carbonyl (C=O) groups excluding carboxylic acids is 2. The maximum Gasteiger partial charge on any atom is 0.270 e. The van der Waals surface area contributed by atoms with E-state index in [0.717, 1.165) is 0 Å². The minimum absolute atomic E-state index is 0.0188. The Morgan fingerprint density at radius 2 is 1.67 bits per heavy atom. The van der Waals surface area contributed by atoms with Crippen LogP contribution in [0.25, 0.3) is 6.08 Å². The second-order valence-corrected chi connectivity index (χ2v) is 6.47. The minimum Gasteiger partial charge on any atom is -0.497 e. The molecule has 0 radical (unpaired) electrons. The van der Waals surface area contributed by atoms with Gasteiger partial charge in [-0.3, -0.25) is 19.8 Å². The Balaban J connectivity index is 2.09. The molecule has 1 N–H and O–H groups in total. The number of hydrogen-bond acceptors (Lipinski definition) is 7. The number of ether oxygens (including phenoxy) is 4. The highest BCUT2D eigenvalue weighted by Gasteiger charge is 2.35. The normalized spacial score (nSPS) is 15.1. The first-order valence-electron chi connectivity index (χ1n) is 8.79. The molecule has 1 saturated heterocycles. The van der Waals surface area contributed by atoms with Crippen molar-refractivity contribution in [1.29, 1.82) is 0 Å². The monoisotopic (exact) mass is 428 g/mol. The third-order valence-corrected chi connectivity index (χ3v) is 4.73. The van der Waals surface area contributed by atoms with Crippen LogP contribution in [0.4, 0.5) is 5.69 Å². The van der Waals surface area contributed by atoms with Crippen LogP contribution in [0.2, 0.25) is 0 Å². The number of carbonyl (C=O) groups is 2. The molecule has 9 heteroatoms. The van der Waals surface area contributed by atoms with Crippen molar-refractivity contribution in [3.63, 3.8) is 0 Å². The topological polar surface area (TPSA) is 86.3 Å². The lowest BCUT2D eigenvalue weighted by atomic mass is 10.1. The lowest BCUT2D eigenvalue weighted by molar-refractivity contribution is -0.122. The highest BCUT2D eigenvalue weighted by molar-refractivity contribution is 7.80. The summed E-state index contributed by atoms with van der Waals surface area (Å²) < 4.78 is 21.3. The van der Waals surface area contributed by atoms with Crippen LogP contribution in [0.15, 0.2) is 42.0 Å². The summed E-state index contributed by atoms with van der Waals surface area (Å²) in [6.07, 6.45) is 1.42. The number of thiocarbonyl (C=S) groups is 1. The first-order valence-corrected chi connectivity index (χ1v) is 9.20. The molecule has 1 fully saturated rings. The SMILES string of the molecule is COc1cccc(N2C(=O)C(=Cc3ccc(OC)c(OC)c3OC)C(=O)NC2=S)c1. The maximum absolute atomic E-state index is 13.2. The van der Waals surface area contributed by atoms with Crippen molar-refractivity contribution in [2.24, 2.45) is 0 Å². The van der Waals surface area contributed by atoms with Crippen LogP contribution in [-0.2, 0) is 9.59 Å². The molecular formula is C21H20N2O6S. The van der Waals surface area contributed by atoms with E-state index in [9.17, 15) is 9.59 Å². The zero-order valence-electron chi connectivity index (χ0n) is 16.8. The number of anilines is 1. The summed E-state index contributed by atoms with van der Waals surface area (Å²) in [7, 11) is 5.95. The van der Waals surface area contributed by atoms with Gasteiger partial charge in [-0.1, -0.05) is 6.07 Å². The van der Waals surface area contributed by atoms with Gasteiger partial charge in [-0.2, -0.15) is 0 Å². The molecule has 2 amide bonds. The van der Waals surface area contributed by atoms with Crippen LogP contribution in [0.3, 0.4) is 0 Å². The van der Waals surface area contributed by atoms with Gasteiger partial charge in [0, 0.05) is 11.6 Å². The third kappa shape index (κ3) is 3.79. The van der Waals surface area contributed by atoms with Crippen LogP contribution in [0.1, 0.15) is 5.56 Å². The lowest BCUT2D eigenvalue weighted by Gasteiger charge is -2.29. The first-order chi connectivity index (χ1) is 14.4. The smallest absolute Gasteiger partial charge is 0.270 e. The largest absolute Gasteiger partial charge is 0.497 e. The van der Waals surface area contributed by atoms with Crippen LogP contribution in [0, 0.1) is 0 Å². The van der Waals surface area contributed by atoms with Gasteiger partial charge < -0.3 is 18.9 Å². The van der Waals surface area contributed by atoms with Gasteiger partial charge in [-0.15, -0.1) is 0 Å². The fourth-order valence-electron chi connectivity index (χ4n) is 3.04. The Bertz CT molecular complexity index is 1050. The first kappa shape index (κ1) is 21.1. The summed E-state index contributed by atoms with van der Waals surface area (Å²) in [5, 5.41) is 2.53. The van der Waals surface area contributed by atoms with E-state index < -0.39 is 11.8 Å². The van der Waals surface area contributed by atoms with Crippen LogP contribution >= 0.6 is 12.2 Å². The fourth-order valence-corrected chi connectivity index (χ4v) is 3.32. The van der Waals surface area contributed by atoms with Gasteiger partial charge >= 0.3 is 0 Å². The van der Waals surface area contributed by atoms with E-state index in [1.165, 1.54) is 39.4 Å². The molecule has 1 aliphatic rings. The second-order valence-electron chi connectivity index (χ2n) is 6.08. The maximum atomic E-state index is 13.2. The average Bonchev–Trinajstić information content (AvgIpc) is 2.75. The number of benzene rings is 2. The highest BCUT2D eigenvalue weighted by Crippen LogP contribution is 2.41. The van der Waals surface area contributed by atoms with Gasteiger partial charge in [-0.25, -0.2) is 0 Å². The molecule has 1 heterocycles. The van der Waals surface area contributed by atoms with E-state index >= 15 is 0 Å². The summed E-state index contributed by atoms with van der Waals surface area (Å²) in [4.78, 5) is 27.0. The Kier molecular flexibility index (Phi) is 6.22. The molecule has 0 aliphatic carbocycles.